The Kier molecular flexibility index (Phi) is 25.7. The van der Waals surface area contributed by atoms with Crippen LogP contribution in [-0.2, 0) is 33.3 Å². The Hall–Kier alpha value is -3.44. The molecule has 0 aliphatic carbocycles. The molecule has 0 saturated carbocycles. The van der Waals surface area contributed by atoms with Crippen LogP contribution in [0.5, 0.6) is 0 Å². The molecule has 2 fully saturated rings. The molecule has 3 aliphatic rings. The number of hydrogen-bond acceptors (Lipinski definition) is 17. The molecule has 3 heterocycles. The molecule has 2 saturated heterocycles. The molecule has 0 aromatic heterocycles. The van der Waals surface area contributed by atoms with Crippen LogP contribution in [0.25, 0.3) is 0 Å². The van der Waals surface area contributed by atoms with Crippen LogP contribution in [0.3, 0.4) is 0 Å². The standard InChI is InChI=1S/C50H79NO17/c1-6-23-64-50-28-36(54)25-39(56)38(55)22-21-34(52)24-35(53)26-42(58)65-32(4)31(3)45(59)30(2)19-17-15-13-11-9-7-8-10-12-14-16-18-20-37(27-41(68-50)43(48(62)63)40(57)29-50)67-49-47(61)44(51)46(60)33(5)66-49/h7-20,30-41,43-47,49,52-57,59-61H,6,21-29,51H2,1-5H3,(H,62,63)/b8-7+,11-9+,12-10+,15-13+,16-14+,19-17+,20-18+/t30-,31-,32-,33+,34+,35+,36-,37-,38+,39+,40-,41-,43+,44-,45+,46+,47-,49-,50+/m0/s1. The van der Waals surface area contributed by atoms with Gasteiger partial charge in [-0.05, 0) is 39.5 Å². The number of carboxylic acid groups (broad SMARTS) is 1. The van der Waals surface area contributed by atoms with E-state index in [-0.39, 0.29) is 51.0 Å². The van der Waals surface area contributed by atoms with Crippen molar-refractivity contribution in [3.8, 4) is 0 Å². The number of fused-ring (bicyclic) bond motifs is 2. The minimum atomic E-state index is -1.77. The van der Waals surface area contributed by atoms with Crippen molar-refractivity contribution in [1.82, 2.24) is 0 Å². The summed E-state index contributed by atoms with van der Waals surface area (Å²) >= 11 is 0. The van der Waals surface area contributed by atoms with Gasteiger partial charge in [-0.25, -0.2) is 0 Å². The average Bonchev–Trinajstić information content (AvgIpc) is 3.26. The fourth-order valence-corrected chi connectivity index (χ4v) is 8.39. The van der Waals surface area contributed by atoms with Gasteiger partial charge < -0.3 is 80.5 Å². The number of hydrogen-bond donors (Lipinski definition) is 11. The fourth-order valence-electron chi connectivity index (χ4n) is 8.39. The minimum Gasteiger partial charge on any atom is -0.481 e. The van der Waals surface area contributed by atoms with Crippen LogP contribution >= 0.6 is 0 Å². The topological polar surface area (TPSA) is 309 Å². The molecule has 68 heavy (non-hydrogen) atoms. The van der Waals surface area contributed by atoms with Crippen LogP contribution in [0.4, 0.5) is 0 Å². The zero-order valence-electron chi connectivity index (χ0n) is 40.0. The summed E-state index contributed by atoms with van der Waals surface area (Å²) in [7, 11) is 0. The lowest BCUT2D eigenvalue weighted by atomic mass is 9.82. The van der Waals surface area contributed by atoms with Gasteiger partial charge in [0, 0.05) is 44.1 Å². The first kappa shape index (κ1) is 58.9. The number of esters is 1. The molecule has 18 nitrogen and oxygen atoms in total. The van der Waals surface area contributed by atoms with E-state index in [2.05, 4.69) is 0 Å². The smallest absolute Gasteiger partial charge is 0.311 e. The van der Waals surface area contributed by atoms with Crippen LogP contribution in [-0.4, -0.2) is 167 Å². The highest BCUT2D eigenvalue weighted by atomic mass is 16.7. The van der Waals surface area contributed by atoms with E-state index in [1.165, 1.54) is 0 Å². The van der Waals surface area contributed by atoms with Crippen molar-refractivity contribution in [1.29, 1.82) is 0 Å². The summed E-state index contributed by atoms with van der Waals surface area (Å²) in [4.78, 5) is 25.4. The van der Waals surface area contributed by atoms with Crippen LogP contribution < -0.4 is 5.73 Å². The SMILES string of the molecule is CCCO[C@]12C[C@@H](O)C[C@@H](O)[C@H](O)CC[C@@H](O)C[C@@H](O)CC(=O)O[C@@H](C)[C@H](C)[C@H](O)[C@@H](C)/C=C/C=C/C=C/C=C/C=C/C=C/C=C/[C@H](O[C@@H]3O[C@H](C)[C@@H](O)[C@H](N)[C@@H]3O)C[C@H](O1)[C@H](C(=O)O)[C@@H](O)C2. The predicted molar refractivity (Wildman–Crippen MR) is 251 cm³/mol. The van der Waals surface area contributed by atoms with Gasteiger partial charge in [-0.15, -0.1) is 0 Å². The summed E-state index contributed by atoms with van der Waals surface area (Å²) in [5, 5.41) is 108. The maximum absolute atomic E-state index is 12.7. The van der Waals surface area contributed by atoms with Crippen LogP contribution in [0.1, 0.15) is 92.4 Å². The molecule has 0 radical (unpaired) electrons. The molecule has 12 N–H and O–H groups in total. The highest BCUT2D eigenvalue weighted by Crippen LogP contribution is 2.40. The Bertz CT molecular complexity index is 1720. The second kappa shape index (κ2) is 29.7. The molecule has 0 aromatic carbocycles. The first-order valence-electron chi connectivity index (χ1n) is 23.8. The van der Waals surface area contributed by atoms with Crippen molar-refractivity contribution in [3.05, 3.63) is 85.1 Å². The van der Waals surface area contributed by atoms with E-state index in [1.54, 1.807) is 69.4 Å². The third-order valence-corrected chi connectivity index (χ3v) is 12.6. The Morgan fingerprint density at radius 2 is 1.28 bits per heavy atom. The van der Waals surface area contributed by atoms with Gasteiger partial charge in [0.2, 0.25) is 0 Å². The first-order valence-corrected chi connectivity index (χ1v) is 23.8. The van der Waals surface area contributed by atoms with Crippen molar-refractivity contribution in [2.24, 2.45) is 23.5 Å². The molecule has 19 atom stereocenters. The first-order chi connectivity index (χ1) is 32.2. The van der Waals surface area contributed by atoms with Gasteiger partial charge >= 0.3 is 11.9 Å². The van der Waals surface area contributed by atoms with E-state index in [0.29, 0.717) is 6.42 Å². The van der Waals surface area contributed by atoms with Crippen molar-refractivity contribution in [3.63, 3.8) is 0 Å². The number of aliphatic carboxylic acids is 1. The molecule has 386 valence electrons. The summed E-state index contributed by atoms with van der Waals surface area (Å²) in [5.74, 6) is -6.10. The molecule has 3 aliphatic heterocycles. The van der Waals surface area contributed by atoms with Gasteiger partial charge in [0.05, 0.1) is 79.6 Å². The van der Waals surface area contributed by atoms with Crippen LogP contribution in [0.15, 0.2) is 85.1 Å². The summed E-state index contributed by atoms with van der Waals surface area (Å²) < 4.78 is 30.0. The Balaban J connectivity index is 1.93. The van der Waals surface area contributed by atoms with Crippen molar-refractivity contribution in [2.75, 3.05) is 6.61 Å². The van der Waals surface area contributed by atoms with Crippen LogP contribution in [0, 0.1) is 17.8 Å². The van der Waals surface area contributed by atoms with Crippen molar-refractivity contribution >= 4 is 11.9 Å². The van der Waals surface area contributed by atoms with E-state index in [0.717, 1.165) is 0 Å². The Labute approximate surface area is 400 Å². The number of carbonyl (C=O) groups excluding carboxylic acids is 1. The highest BCUT2D eigenvalue weighted by molar-refractivity contribution is 5.71. The van der Waals surface area contributed by atoms with E-state index < -0.39 is 134 Å². The quantitative estimate of drug-likeness (QED) is 0.170. The predicted octanol–water partition coefficient (Wildman–Crippen LogP) is 2.15. The third-order valence-electron chi connectivity index (χ3n) is 12.6. The van der Waals surface area contributed by atoms with E-state index in [1.807, 2.05) is 50.3 Å². The van der Waals surface area contributed by atoms with E-state index >= 15 is 0 Å². The number of aliphatic hydroxyl groups is 9. The van der Waals surface area contributed by atoms with Crippen LogP contribution in [0.2, 0.25) is 0 Å². The summed E-state index contributed by atoms with van der Waals surface area (Å²) in [6.07, 6.45) is 5.76. The maximum atomic E-state index is 12.7. The number of nitrogens with two attached hydrogens (primary N) is 1. The molecule has 0 unspecified atom stereocenters. The van der Waals surface area contributed by atoms with Crippen molar-refractivity contribution < 1.29 is 84.3 Å². The number of allylic oxidation sites excluding steroid dienone is 12. The second-order valence-electron chi connectivity index (χ2n) is 18.4. The molecule has 0 amide bonds. The zero-order valence-corrected chi connectivity index (χ0v) is 40.0. The molecular weight excluding hydrogens is 887 g/mol. The number of carboxylic acids is 1. The number of ether oxygens (including phenoxy) is 5. The van der Waals surface area contributed by atoms with Crippen molar-refractivity contribution in [2.45, 2.75) is 190 Å². The lowest BCUT2D eigenvalue weighted by Gasteiger charge is -2.47. The van der Waals surface area contributed by atoms with E-state index in [4.69, 9.17) is 29.4 Å². The monoisotopic (exact) mass is 966 g/mol. The summed E-state index contributed by atoms with van der Waals surface area (Å²) in [5.41, 5.74) is 6.08. The number of aliphatic hydroxyl groups excluding tert-OH is 9. The third kappa shape index (κ3) is 19.4. The fraction of sp³-hybridized carbons (Fsp3) is 0.680. The molecule has 2 bridgehead atoms. The van der Waals surface area contributed by atoms with Gasteiger partial charge in [-0.3, -0.25) is 9.59 Å². The average molecular weight is 966 g/mol. The molecule has 3 rings (SSSR count). The largest absolute Gasteiger partial charge is 0.481 e. The van der Waals surface area contributed by atoms with Gasteiger partial charge in [-0.2, -0.15) is 0 Å². The van der Waals surface area contributed by atoms with Gasteiger partial charge in [-0.1, -0.05) is 106 Å². The number of cyclic esters (lactones) is 1. The molecule has 0 aromatic rings. The molecule has 18 heteroatoms. The number of rotatable bonds is 6. The molecular formula is C50H79NO17. The van der Waals surface area contributed by atoms with E-state index in [9.17, 15) is 60.7 Å². The summed E-state index contributed by atoms with van der Waals surface area (Å²) in [6, 6.07) is -1.13. The minimum absolute atomic E-state index is 0.0789. The Morgan fingerprint density at radius 1 is 0.691 bits per heavy atom. The number of carbonyl (C=O) groups is 2. The lowest BCUT2D eigenvalue weighted by Crippen LogP contribution is -2.61. The maximum Gasteiger partial charge on any atom is 0.311 e. The molecule has 0 spiro atoms. The zero-order chi connectivity index (χ0) is 50.6. The van der Waals surface area contributed by atoms with Gasteiger partial charge in [0.15, 0.2) is 12.1 Å². The highest BCUT2D eigenvalue weighted by Gasteiger charge is 2.52. The Morgan fingerprint density at radius 3 is 1.87 bits per heavy atom. The van der Waals surface area contributed by atoms with Gasteiger partial charge in [0.25, 0.3) is 0 Å². The summed E-state index contributed by atoms with van der Waals surface area (Å²) in [6.45, 7) is 8.69. The second-order valence-corrected chi connectivity index (χ2v) is 18.4. The normalized spacial score (nSPS) is 44.0. The van der Waals surface area contributed by atoms with Gasteiger partial charge in [0.1, 0.15) is 18.1 Å². The lowest BCUT2D eigenvalue weighted by molar-refractivity contribution is -0.324.